The lowest BCUT2D eigenvalue weighted by atomic mass is 9.84. The second-order valence-electron chi connectivity index (χ2n) is 4.65. The normalized spacial score (nSPS) is 33.1. The van der Waals surface area contributed by atoms with Crippen molar-refractivity contribution >= 4 is 11.3 Å². The number of likely N-dealkylation sites (tertiary alicyclic amines) is 1. The zero-order valence-corrected chi connectivity index (χ0v) is 10.1. The number of rotatable bonds is 2. The molecule has 0 spiro atoms. The number of hydrogen-bond donors (Lipinski definition) is 1. The summed E-state index contributed by atoms with van der Waals surface area (Å²) < 4.78 is 0. The van der Waals surface area contributed by atoms with E-state index < -0.39 is 5.60 Å². The average molecular weight is 226 g/mol. The van der Waals surface area contributed by atoms with Crippen LogP contribution in [0.3, 0.4) is 0 Å². The highest BCUT2D eigenvalue weighted by Gasteiger charge is 2.35. The van der Waals surface area contributed by atoms with Crippen LogP contribution in [0.2, 0.25) is 0 Å². The Kier molecular flexibility index (Phi) is 3.09. The van der Waals surface area contributed by atoms with Gasteiger partial charge in [-0.1, -0.05) is 0 Å². The van der Waals surface area contributed by atoms with Gasteiger partial charge in [-0.05, 0) is 26.8 Å². The van der Waals surface area contributed by atoms with Gasteiger partial charge in [0.15, 0.2) is 0 Å². The van der Waals surface area contributed by atoms with E-state index in [4.69, 9.17) is 0 Å². The van der Waals surface area contributed by atoms with Gasteiger partial charge in [-0.25, -0.2) is 0 Å². The van der Waals surface area contributed by atoms with E-state index in [1.54, 1.807) is 11.3 Å². The van der Waals surface area contributed by atoms with Crippen LogP contribution in [-0.4, -0.2) is 40.2 Å². The third-order valence-corrected chi connectivity index (χ3v) is 4.12. The minimum atomic E-state index is -0.515. The van der Waals surface area contributed by atoms with E-state index in [1.165, 1.54) is 4.88 Å². The maximum absolute atomic E-state index is 10.5. The van der Waals surface area contributed by atoms with Crippen LogP contribution in [0.15, 0.2) is 11.7 Å². The Morgan fingerprint density at radius 2 is 2.53 bits per heavy atom. The number of aromatic nitrogens is 1. The van der Waals surface area contributed by atoms with Crippen LogP contribution in [-0.2, 0) is 6.42 Å². The molecule has 1 N–H and O–H groups in total. The highest BCUT2D eigenvalue weighted by Crippen LogP contribution is 2.30. The molecule has 15 heavy (non-hydrogen) atoms. The molecule has 1 fully saturated rings. The van der Waals surface area contributed by atoms with Crippen molar-refractivity contribution in [3.8, 4) is 0 Å². The van der Waals surface area contributed by atoms with Crippen molar-refractivity contribution in [2.24, 2.45) is 0 Å². The highest BCUT2D eigenvalue weighted by atomic mass is 32.1. The molecule has 1 aromatic heterocycles. The monoisotopic (exact) mass is 226 g/mol. The molecule has 1 saturated heterocycles. The third kappa shape index (κ3) is 2.56. The number of piperidine rings is 1. The first-order valence-electron chi connectivity index (χ1n) is 5.39. The Hall–Kier alpha value is -0.450. The van der Waals surface area contributed by atoms with Gasteiger partial charge in [0.05, 0.1) is 11.1 Å². The molecular weight excluding hydrogens is 208 g/mol. The molecule has 84 valence electrons. The van der Waals surface area contributed by atoms with E-state index in [0.717, 1.165) is 25.8 Å². The minimum absolute atomic E-state index is 0.469. The van der Waals surface area contributed by atoms with E-state index >= 15 is 0 Å². The Morgan fingerprint density at radius 1 is 1.73 bits per heavy atom. The van der Waals surface area contributed by atoms with Gasteiger partial charge in [0.1, 0.15) is 0 Å². The topological polar surface area (TPSA) is 36.4 Å². The van der Waals surface area contributed by atoms with Gasteiger partial charge >= 0.3 is 0 Å². The lowest BCUT2D eigenvalue weighted by molar-refractivity contribution is -0.0348. The fourth-order valence-corrected chi connectivity index (χ4v) is 2.96. The van der Waals surface area contributed by atoms with Crippen molar-refractivity contribution in [1.29, 1.82) is 0 Å². The summed E-state index contributed by atoms with van der Waals surface area (Å²) in [5.41, 5.74) is 1.32. The molecule has 2 heterocycles. The molecule has 1 aromatic rings. The SMILES string of the molecule is CC1CC(O)(Cc2cncs2)CCN1C. The molecule has 0 saturated carbocycles. The van der Waals surface area contributed by atoms with Crippen LogP contribution in [0.5, 0.6) is 0 Å². The Bertz CT molecular complexity index is 314. The molecule has 1 aliphatic rings. The van der Waals surface area contributed by atoms with E-state index in [1.807, 2.05) is 11.7 Å². The maximum atomic E-state index is 10.5. The first kappa shape index (κ1) is 11.0. The summed E-state index contributed by atoms with van der Waals surface area (Å²) in [4.78, 5) is 7.55. The average Bonchev–Trinajstić information content (AvgIpc) is 2.64. The smallest absolute Gasteiger partial charge is 0.0794 e. The molecule has 0 amide bonds. The van der Waals surface area contributed by atoms with Crippen LogP contribution in [0.25, 0.3) is 0 Å². The first-order chi connectivity index (χ1) is 7.09. The number of nitrogens with zero attached hydrogens (tertiary/aromatic N) is 2. The largest absolute Gasteiger partial charge is 0.389 e. The predicted molar refractivity (Wildman–Crippen MR) is 62.1 cm³/mol. The fourth-order valence-electron chi connectivity index (χ4n) is 2.23. The van der Waals surface area contributed by atoms with Gasteiger partial charge < -0.3 is 10.0 Å². The molecule has 0 aliphatic carbocycles. The number of thiazole rings is 1. The standard InChI is InChI=1S/C11H18N2OS/c1-9-5-11(14,3-4-13(9)2)6-10-7-12-8-15-10/h7-9,14H,3-6H2,1-2H3. The van der Waals surface area contributed by atoms with E-state index in [-0.39, 0.29) is 0 Å². The number of hydrogen-bond acceptors (Lipinski definition) is 4. The van der Waals surface area contributed by atoms with Crippen molar-refractivity contribution in [1.82, 2.24) is 9.88 Å². The third-order valence-electron chi connectivity index (χ3n) is 3.34. The van der Waals surface area contributed by atoms with Crippen molar-refractivity contribution in [2.45, 2.75) is 37.8 Å². The molecule has 1 aliphatic heterocycles. The van der Waals surface area contributed by atoms with Crippen molar-refractivity contribution in [3.63, 3.8) is 0 Å². The molecule has 2 unspecified atom stereocenters. The van der Waals surface area contributed by atoms with E-state index in [9.17, 15) is 5.11 Å². The van der Waals surface area contributed by atoms with Crippen molar-refractivity contribution in [2.75, 3.05) is 13.6 Å². The Labute approximate surface area is 94.8 Å². The second-order valence-corrected chi connectivity index (χ2v) is 5.62. The molecule has 0 radical (unpaired) electrons. The summed E-state index contributed by atoms with van der Waals surface area (Å²) in [7, 11) is 2.12. The molecular formula is C11H18N2OS. The van der Waals surface area contributed by atoms with Crippen LogP contribution >= 0.6 is 11.3 Å². The van der Waals surface area contributed by atoms with Crippen LogP contribution in [0.1, 0.15) is 24.6 Å². The Balaban J connectivity index is 2.01. The van der Waals surface area contributed by atoms with E-state index in [2.05, 4.69) is 23.9 Å². The predicted octanol–water partition coefficient (Wildman–Crippen LogP) is 1.53. The number of aliphatic hydroxyl groups is 1. The lowest BCUT2D eigenvalue weighted by Gasteiger charge is -2.40. The molecule has 0 aromatic carbocycles. The summed E-state index contributed by atoms with van der Waals surface area (Å²) in [6.45, 7) is 3.16. The summed E-state index contributed by atoms with van der Waals surface area (Å²) in [6, 6.07) is 0.469. The van der Waals surface area contributed by atoms with Gasteiger partial charge in [-0.2, -0.15) is 0 Å². The highest BCUT2D eigenvalue weighted by molar-refractivity contribution is 7.09. The van der Waals surface area contributed by atoms with Crippen LogP contribution in [0.4, 0.5) is 0 Å². The quantitative estimate of drug-likeness (QED) is 0.831. The van der Waals surface area contributed by atoms with Crippen LogP contribution in [0, 0.1) is 0 Å². The van der Waals surface area contributed by atoms with Gasteiger partial charge in [0.2, 0.25) is 0 Å². The molecule has 4 heteroatoms. The van der Waals surface area contributed by atoms with Crippen molar-refractivity contribution < 1.29 is 5.11 Å². The van der Waals surface area contributed by atoms with Gasteiger partial charge in [-0.15, -0.1) is 11.3 Å². The fraction of sp³-hybridized carbons (Fsp3) is 0.727. The van der Waals surface area contributed by atoms with Gasteiger partial charge in [0, 0.05) is 30.1 Å². The lowest BCUT2D eigenvalue weighted by Crippen LogP contribution is -2.48. The molecule has 0 bridgehead atoms. The Morgan fingerprint density at radius 3 is 3.13 bits per heavy atom. The summed E-state index contributed by atoms with van der Waals surface area (Å²) in [6.07, 6.45) is 4.36. The van der Waals surface area contributed by atoms with Crippen molar-refractivity contribution in [3.05, 3.63) is 16.6 Å². The molecule has 3 nitrogen and oxygen atoms in total. The minimum Gasteiger partial charge on any atom is -0.389 e. The maximum Gasteiger partial charge on any atom is 0.0794 e. The molecule has 2 rings (SSSR count). The second kappa shape index (κ2) is 4.20. The zero-order valence-electron chi connectivity index (χ0n) is 9.31. The zero-order chi connectivity index (χ0) is 10.9. The summed E-state index contributed by atoms with van der Waals surface area (Å²) in [5.74, 6) is 0. The van der Waals surface area contributed by atoms with Gasteiger partial charge in [0.25, 0.3) is 0 Å². The first-order valence-corrected chi connectivity index (χ1v) is 6.27. The summed E-state index contributed by atoms with van der Waals surface area (Å²) in [5, 5.41) is 10.5. The van der Waals surface area contributed by atoms with E-state index in [0.29, 0.717) is 6.04 Å². The summed E-state index contributed by atoms with van der Waals surface area (Å²) >= 11 is 1.63. The van der Waals surface area contributed by atoms with Gasteiger partial charge in [-0.3, -0.25) is 4.98 Å². The van der Waals surface area contributed by atoms with Crippen LogP contribution < -0.4 is 0 Å². The molecule has 2 atom stereocenters.